The van der Waals surface area contributed by atoms with Gasteiger partial charge in [0.1, 0.15) is 35.2 Å². The molecule has 0 unspecified atom stereocenters. The van der Waals surface area contributed by atoms with Crippen LogP contribution in [0.1, 0.15) is 153 Å². The Balaban J connectivity index is 0.000000215. The van der Waals surface area contributed by atoms with Crippen molar-refractivity contribution in [3.8, 4) is 56.3 Å². The Labute approximate surface area is 677 Å². The highest BCUT2D eigenvalue weighted by Gasteiger charge is 2.31. The molecule has 0 radical (unpaired) electrons. The van der Waals surface area contributed by atoms with Crippen LogP contribution < -0.4 is 48.8 Å². The van der Waals surface area contributed by atoms with Crippen LogP contribution in [0.15, 0.2) is 158 Å². The molecule has 0 amide bonds. The van der Waals surface area contributed by atoms with E-state index in [1.807, 2.05) is 0 Å². The molecule has 0 aliphatic heterocycles. The molecule has 10 rings (SSSR count). The van der Waals surface area contributed by atoms with Gasteiger partial charge in [0.25, 0.3) is 0 Å². The van der Waals surface area contributed by atoms with Crippen molar-refractivity contribution in [1.82, 2.24) is 0 Å². The fourth-order valence-corrected chi connectivity index (χ4v) is 23.8. The molecule has 5 aromatic carbocycles. The van der Waals surface area contributed by atoms with Crippen LogP contribution in [0.3, 0.4) is 0 Å². The number of nitrogens with zero attached hydrogens (tertiary/aromatic N) is 5. The summed E-state index contributed by atoms with van der Waals surface area (Å²) in [5, 5.41) is 7.77. The van der Waals surface area contributed by atoms with Gasteiger partial charge < -0.3 is 0 Å². The maximum Gasteiger partial charge on any atom is 0.212 e. The number of rotatable bonds is 13. The van der Waals surface area contributed by atoms with Crippen LogP contribution in [0.25, 0.3) is 56.3 Å². The molecule has 0 N–H and O–H groups in total. The first kappa shape index (κ1) is 91.8. The van der Waals surface area contributed by atoms with Crippen molar-refractivity contribution in [1.29, 1.82) is 0 Å². The first-order valence-electron chi connectivity index (χ1n) is 40.9. The van der Waals surface area contributed by atoms with Crippen LogP contribution in [-0.4, -0.2) is 40.4 Å². The highest BCUT2D eigenvalue weighted by molar-refractivity contribution is 6.90. The van der Waals surface area contributed by atoms with Gasteiger partial charge in [-0.1, -0.05) is 234 Å². The first-order chi connectivity index (χ1) is 50.3. The minimum Gasteiger partial charge on any atom is -0.201 e. The van der Waals surface area contributed by atoms with Crippen LogP contribution in [0.5, 0.6) is 0 Å². The molecular weight excluding hydrogens is 1410 g/mol. The van der Waals surface area contributed by atoms with Crippen molar-refractivity contribution >= 4 is 66.3 Å². The highest BCUT2D eigenvalue weighted by atomic mass is 28.3. The van der Waals surface area contributed by atoms with Crippen molar-refractivity contribution in [2.45, 2.75) is 260 Å². The summed E-state index contributed by atoms with van der Waals surface area (Å²) in [7, 11) is 4.18. The summed E-state index contributed by atoms with van der Waals surface area (Å²) >= 11 is 0. The van der Waals surface area contributed by atoms with Crippen LogP contribution in [0.4, 0.5) is 0 Å². The lowest BCUT2D eigenvalue weighted by Gasteiger charge is -2.22. The van der Waals surface area contributed by atoms with Crippen molar-refractivity contribution in [3.05, 3.63) is 236 Å². The Morgan fingerprint density at radius 2 is 0.618 bits per heavy atom. The maximum atomic E-state index is 2.45. The van der Waals surface area contributed by atoms with E-state index < -0.39 is 40.4 Å². The van der Waals surface area contributed by atoms with Gasteiger partial charge in [-0.2, -0.15) is 0 Å². The molecule has 10 aromatic rings. The van der Waals surface area contributed by atoms with Crippen LogP contribution in [-0.2, 0) is 52.5 Å². The summed E-state index contributed by atoms with van der Waals surface area (Å²) in [4.78, 5) is 0. The molecular formula is C100H150N5Si5+5. The summed E-state index contributed by atoms with van der Waals surface area (Å²) in [5.41, 5.74) is 33.2. The van der Waals surface area contributed by atoms with E-state index in [2.05, 4.69) is 453 Å². The lowest BCUT2D eigenvalue weighted by Crippen LogP contribution is -2.44. The maximum absolute atomic E-state index is 2.45. The predicted molar refractivity (Wildman–Crippen MR) is 498 cm³/mol. The van der Waals surface area contributed by atoms with Crippen molar-refractivity contribution in [2.24, 2.45) is 41.2 Å². The lowest BCUT2D eigenvalue weighted by molar-refractivity contribution is -0.660. The minimum atomic E-state index is -1.35. The molecule has 5 nitrogen and oxygen atoms in total. The molecule has 0 bridgehead atoms. The molecule has 0 fully saturated rings. The molecule has 110 heavy (non-hydrogen) atoms. The highest BCUT2D eigenvalue weighted by Crippen LogP contribution is 2.33. The molecule has 10 heteroatoms. The Morgan fingerprint density at radius 1 is 0.291 bits per heavy atom. The van der Waals surface area contributed by atoms with Gasteiger partial charge in [-0.05, 0) is 205 Å². The Morgan fingerprint density at radius 3 is 0.973 bits per heavy atom. The fourth-order valence-electron chi connectivity index (χ4n) is 15.3. The van der Waals surface area contributed by atoms with Crippen molar-refractivity contribution < 1.29 is 22.8 Å². The first-order valence-corrected chi connectivity index (χ1v) is 58.4. The largest absolute Gasteiger partial charge is 0.212 e. The third-order valence-corrected chi connectivity index (χ3v) is 32.6. The van der Waals surface area contributed by atoms with E-state index in [9.17, 15) is 0 Å². The second-order valence-electron chi connectivity index (χ2n) is 40.5. The zero-order chi connectivity index (χ0) is 83.4. The van der Waals surface area contributed by atoms with Gasteiger partial charge in [0.2, 0.25) is 28.5 Å². The van der Waals surface area contributed by atoms with Crippen LogP contribution in [0.2, 0.25) is 98.2 Å². The van der Waals surface area contributed by atoms with Gasteiger partial charge in [-0.15, -0.1) is 0 Å². The number of pyridine rings is 5. The van der Waals surface area contributed by atoms with Gasteiger partial charge in [0, 0.05) is 86.5 Å². The molecule has 5 heterocycles. The van der Waals surface area contributed by atoms with E-state index >= 15 is 0 Å². The number of aromatic nitrogens is 5. The number of hydrogen-bond donors (Lipinski definition) is 0. The zero-order valence-electron chi connectivity index (χ0n) is 77.1. The van der Waals surface area contributed by atoms with Gasteiger partial charge >= 0.3 is 0 Å². The third kappa shape index (κ3) is 24.0. The summed E-state index contributed by atoms with van der Waals surface area (Å²) < 4.78 is 11.4. The third-order valence-electron chi connectivity index (χ3n) is 22.0. The van der Waals surface area contributed by atoms with E-state index in [1.165, 1.54) is 139 Å². The van der Waals surface area contributed by atoms with Crippen LogP contribution in [0, 0.1) is 75.2 Å². The molecule has 0 atom stereocenters. The van der Waals surface area contributed by atoms with Crippen LogP contribution >= 0.6 is 0 Å². The van der Waals surface area contributed by atoms with Gasteiger partial charge in [-0.25, -0.2) is 22.8 Å². The second kappa shape index (κ2) is 36.0. The van der Waals surface area contributed by atoms with Gasteiger partial charge in [-0.3, -0.25) is 0 Å². The number of benzene rings is 5. The molecule has 0 saturated carbocycles. The van der Waals surface area contributed by atoms with E-state index in [0.717, 1.165) is 6.42 Å². The predicted octanol–water partition coefficient (Wildman–Crippen LogP) is 21.6. The fraction of sp³-hybridized carbons (Fsp3) is 0.450. The quantitative estimate of drug-likeness (QED) is 0.0810. The Hall–Kier alpha value is -7.07. The van der Waals surface area contributed by atoms with Crippen molar-refractivity contribution in [3.63, 3.8) is 0 Å². The van der Waals surface area contributed by atoms with Gasteiger partial charge in [0.15, 0.2) is 31.0 Å². The van der Waals surface area contributed by atoms with E-state index in [4.69, 9.17) is 0 Å². The molecule has 0 aliphatic carbocycles. The second-order valence-corrected chi connectivity index (χ2v) is 65.7. The zero-order valence-corrected chi connectivity index (χ0v) is 82.1. The monoisotopic (exact) mass is 1560 g/mol. The molecule has 590 valence electrons. The van der Waals surface area contributed by atoms with Gasteiger partial charge in [0.05, 0.1) is 40.4 Å². The summed E-state index contributed by atoms with van der Waals surface area (Å²) in [6.45, 7) is 81.3. The SMILES string of the molecule is Cc1cc(C(C)(C)C)ccc1-c1cc([Si](C)(C)C)cc[n+]1C.Cc1ccc(C(C)(C)C)cc1-c1cc([Si](C)(C)C)c(C)c[n+]1C.Cc1ccc(C(C)C)cc1-c1cc([Si](C)(C)C)c(C)c[n+]1C.Cc1ccc(C)c(-c2cc([Si](C)(C)C)c(C)c[n+]2C)c1.Cc1ccc(CC(C)C)cc1-c1cc([Si](C)(C)C)c(C)c[n+]1C. The Bertz CT molecular complexity index is 4900. The van der Waals surface area contributed by atoms with Crippen molar-refractivity contribution in [2.75, 3.05) is 0 Å². The van der Waals surface area contributed by atoms with E-state index in [-0.39, 0.29) is 10.8 Å². The number of hydrogen-bond acceptors (Lipinski definition) is 0. The summed E-state index contributed by atoms with van der Waals surface area (Å²) in [5.74, 6) is 1.25. The van der Waals surface area contributed by atoms with E-state index in [1.54, 1.807) is 20.7 Å². The average molecular weight is 1560 g/mol. The number of aryl methyl sites for hydroxylation is 15. The minimum absolute atomic E-state index is 0.174. The normalized spacial score (nSPS) is 12.2. The summed E-state index contributed by atoms with van der Waals surface area (Å²) in [6, 6.07) is 48.8. The molecule has 5 aromatic heterocycles. The molecule has 0 aliphatic rings. The Kier molecular flexibility index (Phi) is 30.0. The topological polar surface area (TPSA) is 19.4 Å². The molecule has 0 saturated heterocycles. The summed E-state index contributed by atoms with van der Waals surface area (Å²) in [6.07, 6.45) is 12.5. The smallest absolute Gasteiger partial charge is 0.201 e. The lowest BCUT2D eigenvalue weighted by atomic mass is 9.85. The average Bonchev–Trinajstić information content (AvgIpc) is 0.797. The van der Waals surface area contributed by atoms with E-state index in [0.29, 0.717) is 11.8 Å². The molecule has 0 spiro atoms. The standard InChI is InChI=1S/2C21H32NSi.2C20H30NSi.C18H26NSi/c1-15-10-11-17(21(3,4)5)12-18(15)19-13-20(23(7,8)9)16(2)14-22(19)6;1-15(2)11-18-10-9-16(3)19(12-18)20-13-21(23(6,7)8)17(4)14-22(20)5;1-14(2)17-10-9-15(3)18(11-17)19-12-20(22(6,7)8)16(4)13-21(19)5;1-15-13-16(20(2,3)4)9-10-18(15)19-14-17(22(6,7)8)11-12-21(19)5;1-13-8-9-14(2)16(10-13)17-11-18(20(5,6)7)15(3)12-19(17)4/h10-14H,1-9H3;9-10,12-15H,11H2,1-8H3;2*9-14H,1-8H3;8-12H,1-7H3/q5*+1.